The molecular weight excluding hydrogens is 360 g/mol. The standard InChI is InChI=1S/C20H22N4O2S/c1-14-4-2-5-16(12-14)19(25)23-9-7-15(8-10-23)13-17-21-22-20(26)24(17)18-6-3-11-27-18/h2-6,11-12,15H,7-10,13H2,1H3,(H,22,26). The molecule has 0 saturated carbocycles. The number of benzene rings is 1. The molecule has 4 rings (SSSR count). The second kappa shape index (κ2) is 7.52. The summed E-state index contributed by atoms with van der Waals surface area (Å²) in [5.74, 6) is 1.29. The lowest BCUT2D eigenvalue weighted by Gasteiger charge is -2.32. The van der Waals surface area contributed by atoms with Crippen LogP contribution in [0.5, 0.6) is 0 Å². The van der Waals surface area contributed by atoms with Gasteiger partial charge in [0.25, 0.3) is 5.91 Å². The first-order valence-electron chi connectivity index (χ1n) is 9.18. The second-order valence-corrected chi connectivity index (χ2v) is 7.97. The number of H-pyrrole nitrogens is 1. The topological polar surface area (TPSA) is 71.0 Å². The van der Waals surface area contributed by atoms with Gasteiger partial charge in [-0.2, -0.15) is 5.10 Å². The molecule has 0 aliphatic carbocycles. The van der Waals surface area contributed by atoms with E-state index in [-0.39, 0.29) is 11.6 Å². The molecule has 1 saturated heterocycles. The van der Waals surface area contributed by atoms with E-state index >= 15 is 0 Å². The molecule has 1 fully saturated rings. The van der Waals surface area contributed by atoms with E-state index in [2.05, 4.69) is 10.2 Å². The number of piperidine rings is 1. The summed E-state index contributed by atoms with van der Waals surface area (Å²) < 4.78 is 1.66. The van der Waals surface area contributed by atoms with Crippen LogP contribution < -0.4 is 5.69 Å². The number of hydrogen-bond acceptors (Lipinski definition) is 4. The van der Waals surface area contributed by atoms with Gasteiger partial charge in [-0.15, -0.1) is 11.3 Å². The van der Waals surface area contributed by atoms with E-state index < -0.39 is 0 Å². The van der Waals surface area contributed by atoms with Gasteiger partial charge in [-0.05, 0) is 55.3 Å². The summed E-state index contributed by atoms with van der Waals surface area (Å²) in [5.41, 5.74) is 1.66. The highest BCUT2D eigenvalue weighted by atomic mass is 32.1. The van der Waals surface area contributed by atoms with E-state index in [1.54, 1.807) is 4.57 Å². The summed E-state index contributed by atoms with van der Waals surface area (Å²) >= 11 is 1.52. The highest BCUT2D eigenvalue weighted by Crippen LogP contribution is 2.23. The van der Waals surface area contributed by atoms with Crippen molar-refractivity contribution in [2.75, 3.05) is 13.1 Å². The number of carbonyl (C=O) groups is 1. The monoisotopic (exact) mass is 382 g/mol. The first-order valence-corrected chi connectivity index (χ1v) is 10.1. The minimum Gasteiger partial charge on any atom is -0.339 e. The number of nitrogens with one attached hydrogen (secondary N) is 1. The molecule has 6 nitrogen and oxygen atoms in total. The number of carbonyl (C=O) groups excluding carboxylic acids is 1. The molecule has 7 heteroatoms. The fourth-order valence-corrected chi connectivity index (χ4v) is 4.40. The minimum absolute atomic E-state index is 0.104. The first kappa shape index (κ1) is 17.7. The maximum atomic E-state index is 12.7. The van der Waals surface area contributed by atoms with Crippen molar-refractivity contribution >= 4 is 17.2 Å². The van der Waals surface area contributed by atoms with E-state index in [9.17, 15) is 9.59 Å². The van der Waals surface area contributed by atoms with Gasteiger partial charge in [0.05, 0.1) is 0 Å². The Hall–Kier alpha value is -2.67. The number of amides is 1. The highest BCUT2D eigenvalue weighted by Gasteiger charge is 2.25. The maximum Gasteiger partial charge on any atom is 0.348 e. The lowest BCUT2D eigenvalue weighted by molar-refractivity contribution is 0.0689. The number of aromatic nitrogens is 3. The van der Waals surface area contributed by atoms with Crippen molar-refractivity contribution in [2.24, 2.45) is 5.92 Å². The number of aryl methyl sites for hydroxylation is 1. The van der Waals surface area contributed by atoms with Crippen LogP contribution in [0.2, 0.25) is 0 Å². The number of nitrogens with zero attached hydrogens (tertiary/aromatic N) is 3. The van der Waals surface area contributed by atoms with Gasteiger partial charge in [0.1, 0.15) is 10.8 Å². The molecule has 0 unspecified atom stereocenters. The third-order valence-electron chi connectivity index (χ3n) is 5.11. The van der Waals surface area contributed by atoms with Crippen molar-refractivity contribution in [1.29, 1.82) is 0 Å². The zero-order valence-corrected chi connectivity index (χ0v) is 16.0. The average Bonchev–Trinajstić information content (AvgIpc) is 3.31. The Kier molecular flexibility index (Phi) is 4.94. The van der Waals surface area contributed by atoms with Crippen LogP contribution in [0.3, 0.4) is 0 Å². The lowest BCUT2D eigenvalue weighted by atomic mass is 9.92. The Morgan fingerprint density at radius 1 is 1.26 bits per heavy atom. The molecule has 0 bridgehead atoms. The normalized spacial score (nSPS) is 15.2. The Morgan fingerprint density at radius 2 is 2.07 bits per heavy atom. The van der Waals surface area contributed by atoms with Crippen LogP contribution in [-0.4, -0.2) is 38.7 Å². The molecule has 1 N–H and O–H groups in total. The molecule has 1 amide bonds. The Labute approximate surface area is 161 Å². The van der Waals surface area contributed by atoms with Crippen molar-refractivity contribution in [2.45, 2.75) is 26.2 Å². The van der Waals surface area contributed by atoms with Crippen LogP contribution in [0.25, 0.3) is 5.00 Å². The number of thiophene rings is 1. The minimum atomic E-state index is -0.195. The van der Waals surface area contributed by atoms with Crippen LogP contribution >= 0.6 is 11.3 Å². The molecule has 140 valence electrons. The average molecular weight is 382 g/mol. The fraction of sp³-hybridized carbons (Fsp3) is 0.350. The summed E-state index contributed by atoms with van der Waals surface area (Å²) in [6, 6.07) is 11.6. The summed E-state index contributed by atoms with van der Waals surface area (Å²) in [6.07, 6.45) is 2.58. The van der Waals surface area contributed by atoms with Crippen molar-refractivity contribution in [1.82, 2.24) is 19.7 Å². The predicted octanol–water partition coefficient (Wildman–Crippen LogP) is 3.03. The van der Waals surface area contributed by atoms with Crippen molar-refractivity contribution < 1.29 is 4.79 Å². The molecule has 0 radical (unpaired) electrons. The summed E-state index contributed by atoms with van der Waals surface area (Å²) in [7, 11) is 0. The molecule has 1 aliphatic rings. The molecule has 0 spiro atoms. The van der Waals surface area contributed by atoms with Crippen molar-refractivity contribution in [3.8, 4) is 5.00 Å². The molecule has 3 aromatic rings. The van der Waals surface area contributed by atoms with E-state index in [0.29, 0.717) is 5.92 Å². The van der Waals surface area contributed by atoms with Crippen molar-refractivity contribution in [3.05, 3.63) is 69.2 Å². The van der Waals surface area contributed by atoms with Crippen LogP contribution in [0, 0.1) is 12.8 Å². The van der Waals surface area contributed by atoms with Gasteiger partial charge in [-0.25, -0.2) is 14.5 Å². The first-order chi connectivity index (χ1) is 13.1. The quantitative estimate of drug-likeness (QED) is 0.754. The largest absolute Gasteiger partial charge is 0.348 e. The van der Waals surface area contributed by atoms with Crippen LogP contribution in [0.15, 0.2) is 46.6 Å². The smallest absolute Gasteiger partial charge is 0.339 e. The summed E-state index contributed by atoms with van der Waals surface area (Å²) in [4.78, 5) is 26.7. The van der Waals surface area contributed by atoms with Gasteiger partial charge in [0, 0.05) is 25.1 Å². The number of rotatable bonds is 4. The number of hydrogen-bond donors (Lipinski definition) is 1. The summed E-state index contributed by atoms with van der Waals surface area (Å²) in [6.45, 7) is 3.48. The predicted molar refractivity (Wildman–Crippen MR) is 106 cm³/mol. The van der Waals surface area contributed by atoms with E-state index in [1.807, 2.05) is 53.6 Å². The molecule has 27 heavy (non-hydrogen) atoms. The van der Waals surface area contributed by atoms with E-state index in [4.69, 9.17) is 0 Å². The van der Waals surface area contributed by atoms with Gasteiger partial charge >= 0.3 is 5.69 Å². The molecule has 1 aromatic carbocycles. The van der Waals surface area contributed by atoms with Gasteiger partial charge in [0.15, 0.2) is 0 Å². The van der Waals surface area contributed by atoms with E-state index in [1.165, 1.54) is 11.3 Å². The lowest BCUT2D eigenvalue weighted by Crippen LogP contribution is -2.39. The molecular formula is C20H22N4O2S. The number of likely N-dealkylation sites (tertiary alicyclic amines) is 1. The Morgan fingerprint density at radius 3 is 2.78 bits per heavy atom. The SMILES string of the molecule is Cc1cccc(C(=O)N2CCC(Cc3n[nH]c(=O)n3-c3cccs3)CC2)c1. The molecule has 1 aliphatic heterocycles. The van der Waals surface area contributed by atoms with Gasteiger partial charge in [0.2, 0.25) is 0 Å². The van der Waals surface area contributed by atoms with Crippen LogP contribution in [0.4, 0.5) is 0 Å². The zero-order chi connectivity index (χ0) is 18.8. The maximum absolute atomic E-state index is 12.7. The van der Waals surface area contributed by atoms with E-state index in [0.717, 1.165) is 54.3 Å². The molecule has 0 atom stereocenters. The van der Waals surface area contributed by atoms with Crippen LogP contribution in [-0.2, 0) is 6.42 Å². The Balaban J connectivity index is 1.41. The number of aromatic amines is 1. The summed E-state index contributed by atoms with van der Waals surface area (Å²) in [5, 5.41) is 9.63. The third kappa shape index (κ3) is 3.73. The Bertz CT molecular complexity index is 982. The highest BCUT2D eigenvalue weighted by molar-refractivity contribution is 7.12. The molecule has 3 heterocycles. The zero-order valence-electron chi connectivity index (χ0n) is 15.2. The van der Waals surface area contributed by atoms with Gasteiger partial charge in [-0.3, -0.25) is 4.79 Å². The van der Waals surface area contributed by atoms with Crippen molar-refractivity contribution in [3.63, 3.8) is 0 Å². The third-order valence-corrected chi connectivity index (χ3v) is 5.96. The van der Waals surface area contributed by atoms with Crippen LogP contribution in [0.1, 0.15) is 34.6 Å². The second-order valence-electron chi connectivity index (χ2n) is 7.04. The fourth-order valence-electron chi connectivity index (χ4n) is 3.65. The van der Waals surface area contributed by atoms with Gasteiger partial charge in [-0.1, -0.05) is 17.7 Å². The van der Waals surface area contributed by atoms with Gasteiger partial charge < -0.3 is 4.90 Å². The molecule has 2 aromatic heterocycles.